The highest BCUT2D eigenvalue weighted by Gasteiger charge is 2.31. The van der Waals surface area contributed by atoms with Gasteiger partial charge in [-0.25, -0.2) is 0 Å². The molecule has 0 bridgehead atoms. The van der Waals surface area contributed by atoms with Gasteiger partial charge in [0, 0.05) is 5.92 Å². The van der Waals surface area contributed by atoms with E-state index in [-0.39, 0.29) is 17.1 Å². The van der Waals surface area contributed by atoms with Crippen molar-refractivity contribution in [3.63, 3.8) is 0 Å². The number of halogens is 1. The Balaban J connectivity index is 1.79. The summed E-state index contributed by atoms with van der Waals surface area (Å²) in [4.78, 5) is 11.6. The van der Waals surface area contributed by atoms with Gasteiger partial charge in [0.1, 0.15) is 5.75 Å². The molecule has 0 saturated heterocycles. The molecule has 24 heavy (non-hydrogen) atoms. The summed E-state index contributed by atoms with van der Waals surface area (Å²) in [6.07, 6.45) is 8.07. The molecule has 0 heterocycles. The van der Waals surface area contributed by atoms with Crippen molar-refractivity contribution in [3.8, 4) is 5.75 Å². The van der Waals surface area contributed by atoms with Gasteiger partial charge < -0.3 is 4.74 Å². The summed E-state index contributed by atoms with van der Waals surface area (Å²) in [5, 5.41) is -0.187. The summed E-state index contributed by atoms with van der Waals surface area (Å²) in [5.41, 5.74) is 4.04. The van der Waals surface area contributed by atoms with Crippen molar-refractivity contribution in [3.05, 3.63) is 35.4 Å². The van der Waals surface area contributed by atoms with Crippen LogP contribution in [-0.2, 0) is 4.79 Å². The average Bonchev–Trinajstić information content (AvgIpc) is 3.08. The highest BCUT2D eigenvalue weighted by molar-refractivity contribution is 6.64. The van der Waals surface area contributed by atoms with Gasteiger partial charge in [-0.05, 0) is 85.7 Å². The van der Waals surface area contributed by atoms with E-state index in [0.717, 1.165) is 25.0 Å². The average molecular weight is 347 g/mol. The molecule has 2 aliphatic carbocycles. The lowest BCUT2D eigenvalue weighted by Crippen LogP contribution is -2.24. The quantitative estimate of drug-likeness (QED) is 0.613. The Labute approximate surface area is 150 Å². The molecular formula is C21H27ClO2. The maximum Gasteiger partial charge on any atom is 0.225 e. The Morgan fingerprint density at radius 3 is 2.42 bits per heavy atom. The third-order valence-electron chi connectivity index (χ3n) is 5.73. The highest BCUT2D eigenvalue weighted by atomic mass is 35.5. The van der Waals surface area contributed by atoms with Gasteiger partial charge in [0.15, 0.2) is 0 Å². The Morgan fingerprint density at radius 2 is 1.83 bits per heavy atom. The highest BCUT2D eigenvalue weighted by Crippen LogP contribution is 2.42. The van der Waals surface area contributed by atoms with Crippen LogP contribution in [-0.4, -0.2) is 11.3 Å². The molecule has 0 aliphatic heterocycles. The standard InChI is InChI=1S/C21H27ClO2/c1-3-18-14(2)19(21(22)23)12-13-20(18)15-8-10-17(11-9-15)24-16-6-4-5-7-16/h8-11,14,16,19H,3-7,12-13H2,1-2H3. The molecule has 2 nitrogen and oxygen atoms in total. The van der Waals surface area contributed by atoms with Crippen LogP contribution in [0, 0.1) is 11.8 Å². The largest absolute Gasteiger partial charge is 0.490 e. The molecule has 1 aromatic carbocycles. The predicted molar refractivity (Wildman–Crippen MR) is 99.3 cm³/mol. The lowest BCUT2D eigenvalue weighted by atomic mass is 9.74. The summed E-state index contributed by atoms with van der Waals surface area (Å²) in [6.45, 7) is 4.31. The normalized spacial score (nSPS) is 25.1. The predicted octanol–water partition coefficient (Wildman–Crippen LogP) is 5.98. The third-order valence-corrected chi connectivity index (χ3v) is 6.01. The van der Waals surface area contributed by atoms with E-state index < -0.39 is 0 Å². The molecule has 0 radical (unpaired) electrons. The van der Waals surface area contributed by atoms with E-state index in [1.165, 1.54) is 42.4 Å². The SMILES string of the molecule is CCC1=C(c2ccc(OC3CCCC3)cc2)CCC(C(=O)Cl)C1C. The monoisotopic (exact) mass is 346 g/mol. The maximum atomic E-state index is 11.6. The van der Waals surface area contributed by atoms with Crippen LogP contribution in [0.3, 0.4) is 0 Å². The summed E-state index contributed by atoms with van der Waals surface area (Å²) in [5.74, 6) is 1.18. The molecule has 1 aromatic rings. The van der Waals surface area contributed by atoms with Crippen LogP contribution in [0.15, 0.2) is 29.8 Å². The van der Waals surface area contributed by atoms with E-state index in [1.54, 1.807) is 0 Å². The van der Waals surface area contributed by atoms with Gasteiger partial charge in [-0.15, -0.1) is 0 Å². The number of carbonyl (C=O) groups excluding carboxylic acids is 1. The molecule has 1 fully saturated rings. The van der Waals surface area contributed by atoms with Crippen molar-refractivity contribution in [2.75, 3.05) is 0 Å². The van der Waals surface area contributed by atoms with E-state index in [1.807, 2.05) is 0 Å². The first-order chi connectivity index (χ1) is 11.6. The van der Waals surface area contributed by atoms with E-state index in [2.05, 4.69) is 38.1 Å². The van der Waals surface area contributed by atoms with Crippen LogP contribution in [0.25, 0.3) is 5.57 Å². The van der Waals surface area contributed by atoms with Gasteiger partial charge in [0.2, 0.25) is 5.24 Å². The number of ether oxygens (including phenoxy) is 1. The van der Waals surface area contributed by atoms with Crippen LogP contribution >= 0.6 is 11.6 Å². The maximum absolute atomic E-state index is 11.6. The van der Waals surface area contributed by atoms with Crippen LogP contribution in [0.4, 0.5) is 0 Å². The molecule has 2 unspecified atom stereocenters. The Kier molecular flexibility index (Phi) is 5.65. The summed E-state index contributed by atoms with van der Waals surface area (Å²) in [7, 11) is 0. The third kappa shape index (κ3) is 3.69. The van der Waals surface area contributed by atoms with Gasteiger partial charge in [0.05, 0.1) is 6.10 Å². The Morgan fingerprint density at radius 1 is 1.17 bits per heavy atom. The van der Waals surface area contributed by atoms with E-state index >= 15 is 0 Å². The van der Waals surface area contributed by atoms with Crippen molar-refractivity contribution in [1.82, 2.24) is 0 Å². The van der Waals surface area contributed by atoms with Crippen molar-refractivity contribution >= 4 is 22.4 Å². The molecule has 3 rings (SSSR count). The van der Waals surface area contributed by atoms with Crippen molar-refractivity contribution < 1.29 is 9.53 Å². The van der Waals surface area contributed by atoms with Crippen LogP contribution in [0.1, 0.15) is 64.4 Å². The molecule has 1 saturated carbocycles. The Hall–Kier alpha value is -1.28. The van der Waals surface area contributed by atoms with Crippen molar-refractivity contribution in [2.24, 2.45) is 11.8 Å². The fourth-order valence-corrected chi connectivity index (χ4v) is 4.63. The second-order valence-electron chi connectivity index (χ2n) is 7.14. The van der Waals surface area contributed by atoms with Crippen LogP contribution in [0.5, 0.6) is 5.75 Å². The van der Waals surface area contributed by atoms with Gasteiger partial charge in [0.25, 0.3) is 0 Å². The first-order valence-electron chi connectivity index (χ1n) is 9.28. The molecule has 0 spiro atoms. The molecule has 0 amide bonds. The fraction of sp³-hybridized carbons (Fsp3) is 0.571. The minimum Gasteiger partial charge on any atom is -0.490 e. The van der Waals surface area contributed by atoms with Gasteiger partial charge in [-0.3, -0.25) is 4.79 Å². The molecule has 2 aliphatic rings. The van der Waals surface area contributed by atoms with Crippen molar-refractivity contribution in [1.29, 1.82) is 0 Å². The van der Waals surface area contributed by atoms with Gasteiger partial charge in [-0.1, -0.05) is 31.6 Å². The first kappa shape index (κ1) is 17.5. The van der Waals surface area contributed by atoms with E-state index in [9.17, 15) is 4.79 Å². The zero-order valence-corrected chi connectivity index (χ0v) is 15.4. The molecule has 0 aromatic heterocycles. The number of allylic oxidation sites excluding steroid dienone is 2. The second kappa shape index (κ2) is 7.74. The Bertz CT molecular complexity index is 611. The smallest absolute Gasteiger partial charge is 0.225 e. The van der Waals surface area contributed by atoms with Crippen molar-refractivity contribution in [2.45, 2.75) is 64.9 Å². The summed E-state index contributed by atoms with van der Waals surface area (Å²) in [6, 6.07) is 8.53. The minimum absolute atomic E-state index is 0.0321. The summed E-state index contributed by atoms with van der Waals surface area (Å²) < 4.78 is 6.06. The zero-order valence-electron chi connectivity index (χ0n) is 14.7. The number of hydrogen-bond donors (Lipinski definition) is 0. The zero-order chi connectivity index (χ0) is 17.1. The molecular weight excluding hydrogens is 320 g/mol. The second-order valence-corrected chi connectivity index (χ2v) is 7.52. The molecule has 3 heteroatoms. The number of rotatable bonds is 5. The van der Waals surface area contributed by atoms with E-state index in [0.29, 0.717) is 6.10 Å². The lowest BCUT2D eigenvalue weighted by Gasteiger charge is -2.31. The first-order valence-corrected chi connectivity index (χ1v) is 9.66. The molecule has 2 atom stereocenters. The number of carbonyl (C=O) groups is 1. The van der Waals surface area contributed by atoms with Crippen LogP contribution < -0.4 is 4.74 Å². The molecule has 130 valence electrons. The van der Waals surface area contributed by atoms with Gasteiger partial charge >= 0.3 is 0 Å². The lowest BCUT2D eigenvalue weighted by molar-refractivity contribution is -0.116. The number of benzene rings is 1. The topological polar surface area (TPSA) is 26.3 Å². The van der Waals surface area contributed by atoms with E-state index in [4.69, 9.17) is 16.3 Å². The van der Waals surface area contributed by atoms with Crippen LogP contribution in [0.2, 0.25) is 0 Å². The minimum atomic E-state index is -0.187. The molecule has 0 N–H and O–H groups in total. The summed E-state index contributed by atoms with van der Waals surface area (Å²) >= 11 is 5.79. The van der Waals surface area contributed by atoms with Gasteiger partial charge in [-0.2, -0.15) is 0 Å². The fourth-order valence-electron chi connectivity index (χ4n) is 4.34. The number of hydrogen-bond acceptors (Lipinski definition) is 2.